The maximum atomic E-state index is 13.0. The molecule has 0 saturated carbocycles. The number of nitrogens with zero attached hydrogens (tertiary/aromatic N) is 2. The van der Waals surface area contributed by atoms with Gasteiger partial charge >= 0.3 is 0 Å². The minimum Gasteiger partial charge on any atom is -0.443 e. The summed E-state index contributed by atoms with van der Waals surface area (Å²) in [7, 11) is 0. The molecule has 0 bridgehead atoms. The summed E-state index contributed by atoms with van der Waals surface area (Å²) in [6.07, 6.45) is 2.41. The van der Waals surface area contributed by atoms with Gasteiger partial charge in [0.2, 0.25) is 5.89 Å². The first-order valence-electron chi connectivity index (χ1n) is 9.83. The van der Waals surface area contributed by atoms with Crippen molar-refractivity contribution in [2.75, 3.05) is 26.2 Å². The van der Waals surface area contributed by atoms with Gasteiger partial charge < -0.3 is 19.6 Å². The number of H-pyrrole nitrogens is 1. The number of amides is 1. The molecule has 1 amide bonds. The second kappa shape index (κ2) is 8.02. The van der Waals surface area contributed by atoms with E-state index in [0.717, 1.165) is 43.1 Å². The van der Waals surface area contributed by atoms with Gasteiger partial charge in [-0.25, -0.2) is 4.98 Å². The number of benzene rings is 1. The molecule has 3 heterocycles. The first-order valence-corrected chi connectivity index (χ1v) is 9.83. The van der Waals surface area contributed by atoms with Crippen LogP contribution in [0.5, 0.6) is 0 Å². The average molecular weight is 378 g/mol. The van der Waals surface area contributed by atoms with Crippen LogP contribution in [0.1, 0.15) is 47.1 Å². The van der Waals surface area contributed by atoms with Crippen LogP contribution < -0.4 is 5.32 Å². The number of aromatic amines is 1. The molecular weight excluding hydrogens is 352 g/mol. The predicted octanol–water partition coefficient (Wildman–Crippen LogP) is 3.43. The molecule has 4 rings (SSSR count). The van der Waals surface area contributed by atoms with Gasteiger partial charge in [0.15, 0.2) is 0 Å². The first kappa shape index (κ1) is 18.5. The zero-order valence-electron chi connectivity index (χ0n) is 16.4. The Kier molecular flexibility index (Phi) is 5.30. The Morgan fingerprint density at radius 1 is 1.21 bits per heavy atom. The molecule has 2 aromatic heterocycles. The van der Waals surface area contributed by atoms with Gasteiger partial charge in [-0.05, 0) is 29.5 Å². The summed E-state index contributed by atoms with van der Waals surface area (Å²) < 4.78 is 5.75. The largest absolute Gasteiger partial charge is 0.443 e. The van der Waals surface area contributed by atoms with Crippen LogP contribution in [0, 0.1) is 0 Å². The molecule has 0 radical (unpaired) electrons. The summed E-state index contributed by atoms with van der Waals surface area (Å²) in [5.41, 5.74) is 4.48. The van der Waals surface area contributed by atoms with Crippen LogP contribution in [0.4, 0.5) is 0 Å². The molecule has 1 saturated heterocycles. The Balaban J connectivity index is 1.69. The quantitative estimate of drug-likeness (QED) is 0.713. The van der Waals surface area contributed by atoms with Gasteiger partial charge in [0.1, 0.15) is 17.7 Å². The van der Waals surface area contributed by atoms with Crippen molar-refractivity contribution in [3.63, 3.8) is 0 Å². The summed E-state index contributed by atoms with van der Waals surface area (Å²) in [5, 5.41) is 3.28. The monoisotopic (exact) mass is 378 g/mol. The number of aromatic nitrogens is 2. The second-order valence-corrected chi connectivity index (χ2v) is 7.52. The third-order valence-corrected chi connectivity index (χ3v) is 5.10. The number of oxazole rings is 1. The molecule has 6 nitrogen and oxygen atoms in total. The average Bonchev–Trinajstić information content (AvgIpc) is 3.36. The number of hydrogen-bond donors (Lipinski definition) is 2. The van der Waals surface area contributed by atoms with Gasteiger partial charge in [0.05, 0.1) is 5.69 Å². The molecule has 146 valence electrons. The van der Waals surface area contributed by atoms with Crippen molar-refractivity contribution >= 4 is 5.91 Å². The van der Waals surface area contributed by atoms with E-state index in [0.29, 0.717) is 18.0 Å². The SMILES string of the molecule is CC(C)c1coc(-c2[nH]c(C(=O)N3CCNCC3)cc2Cc2ccccc2)n1. The van der Waals surface area contributed by atoms with Gasteiger partial charge in [-0.1, -0.05) is 44.2 Å². The van der Waals surface area contributed by atoms with Crippen molar-refractivity contribution in [1.82, 2.24) is 20.2 Å². The lowest BCUT2D eigenvalue weighted by Crippen LogP contribution is -2.46. The van der Waals surface area contributed by atoms with E-state index in [1.807, 2.05) is 29.2 Å². The van der Waals surface area contributed by atoms with E-state index in [4.69, 9.17) is 4.42 Å². The fraction of sp³-hybridized carbons (Fsp3) is 0.364. The molecule has 3 aromatic rings. The molecule has 1 aliphatic heterocycles. The highest BCUT2D eigenvalue weighted by Crippen LogP contribution is 2.28. The lowest BCUT2D eigenvalue weighted by atomic mass is 10.0. The number of carbonyl (C=O) groups excluding carboxylic acids is 1. The van der Waals surface area contributed by atoms with E-state index < -0.39 is 0 Å². The van der Waals surface area contributed by atoms with Crippen molar-refractivity contribution in [1.29, 1.82) is 0 Å². The second-order valence-electron chi connectivity index (χ2n) is 7.52. The molecule has 2 N–H and O–H groups in total. The number of carbonyl (C=O) groups is 1. The third-order valence-electron chi connectivity index (χ3n) is 5.10. The number of piperazine rings is 1. The normalized spacial score (nSPS) is 14.6. The number of hydrogen-bond acceptors (Lipinski definition) is 4. The Hall–Kier alpha value is -2.86. The summed E-state index contributed by atoms with van der Waals surface area (Å²) >= 11 is 0. The minimum absolute atomic E-state index is 0.0256. The maximum absolute atomic E-state index is 13.0. The van der Waals surface area contributed by atoms with Gasteiger partial charge in [-0.3, -0.25) is 4.79 Å². The molecule has 0 aliphatic carbocycles. The van der Waals surface area contributed by atoms with Crippen LogP contribution in [0.25, 0.3) is 11.6 Å². The van der Waals surface area contributed by atoms with Crippen LogP contribution >= 0.6 is 0 Å². The highest BCUT2D eigenvalue weighted by atomic mass is 16.3. The zero-order chi connectivity index (χ0) is 19.5. The fourth-order valence-electron chi connectivity index (χ4n) is 3.46. The number of rotatable bonds is 5. The number of nitrogens with one attached hydrogen (secondary N) is 2. The van der Waals surface area contributed by atoms with E-state index in [1.165, 1.54) is 5.56 Å². The minimum atomic E-state index is 0.0256. The smallest absolute Gasteiger partial charge is 0.270 e. The van der Waals surface area contributed by atoms with Crippen LogP contribution in [-0.2, 0) is 6.42 Å². The Labute approximate surface area is 165 Å². The van der Waals surface area contributed by atoms with Crippen molar-refractivity contribution in [3.8, 4) is 11.6 Å². The molecule has 0 atom stereocenters. The van der Waals surface area contributed by atoms with Crippen LogP contribution in [0.15, 0.2) is 47.1 Å². The summed E-state index contributed by atoms with van der Waals surface area (Å²) in [6.45, 7) is 7.26. The Morgan fingerprint density at radius 3 is 2.64 bits per heavy atom. The van der Waals surface area contributed by atoms with E-state index in [9.17, 15) is 4.79 Å². The molecule has 6 heteroatoms. The lowest BCUT2D eigenvalue weighted by Gasteiger charge is -2.26. The van der Waals surface area contributed by atoms with Crippen molar-refractivity contribution in [3.05, 3.63) is 65.2 Å². The first-order chi connectivity index (χ1) is 13.6. The maximum Gasteiger partial charge on any atom is 0.270 e. The highest BCUT2D eigenvalue weighted by molar-refractivity contribution is 5.94. The van der Waals surface area contributed by atoms with Crippen LogP contribution in [0.2, 0.25) is 0 Å². The van der Waals surface area contributed by atoms with Gasteiger partial charge in [0, 0.05) is 26.2 Å². The summed E-state index contributed by atoms with van der Waals surface area (Å²) in [5.74, 6) is 0.846. The summed E-state index contributed by atoms with van der Waals surface area (Å²) in [6, 6.07) is 12.2. The molecular formula is C22H26N4O2. The van der Waals surface area contributed by atoms with Crippen molar-refractivity contribution in [2.24, 2.45) is 0 Å². The van der Waals surface area contributed by atoms with Gasteiger partial charge in [-0.2, -0.15) is 0 Å². The predicted molar refractivity (Wildman–Crippen MR) is 108 cm³/mol. The third kappa shape index (κ3) is 3.87. The standard InChI is InChI=1S/C22H26N4O2/c1-15(2)19-14-28-21(25-19)20-17(12-16-6-4-3-5-7-16)13-18(24-20)22(27)26-10-8-23-9-11-26/h3-7,13-15,23-24H,8-12H2,1-2H3. The lowest BCUT2D eigenvalue weighted by molar-refractivity contribution is 0.0730. The van der Waals surface area contributed by atoms with Crippen LogP contribution in [0.3, 0.4) is 0 Å². The van der Waals surface area contributed by atoms with Crippen molar-refractivity contribution < 1.29 is 9.21 Å². The molecule has 28 heavy (non-hydrogen) atoms. The molecule has 0 unspecified atom stereocenters. The highest BCUT2D eigenvalue weighted by Gasteiger charge is 2.23. The Morgan fingerprint density at radius 2 is 1.96 bits per heavy atom. The van der Waals surface area contributed by atoms with Crippen molar-refractivity contribution in [2.45, 2.75) is 26.2 Å². The van der Waals surface area contributed by atoms with E-state index >= 15 is 0 Å². The zero-order valence-corrected chi connectivity index (χ0v) is 16.4. The molecule has 1 aliphatic rings. The van der Waals surface area contributed by atoms with Crippen LogP contribution in [-0.4, -0.2) is 47.0 Å². The van der Waals surface area contributed by atoms with Gasteiger partial charge in [-0.15, -0.1) is 0 Å². The molecule has 0 spiro atoms. The van der Waals surface area contributed by atoms with Gasteiger partial charge in [0.25, 0.3) is 5.91 Å². The topological polar surface area (TPSA) is 74.2 Å². The Bertz CT molecular complexity index is 937. The van der Waals surface area contributed by atoms with E-state index in [1.54, 1.807) is 6.26 Å². The van der Waals surface area contributed by atoms with E-state index in [2.05, 4.69) is 41.3 Å². The molecule has 1 aromatic carbocycles. The summed E-state index contributed by atoms with van der Waals surface area (Å²) in [4.78, 5) is 22.8. The molecule has 1 fully saturated rings. The van der Waals surface area contributed by atoms with E-state index in [-0.39, 0.29) is 11.8 Å². The fourth-order valence-corrected chi connectivity index (χ4v) is 3.46.